The van der Waals surface area contributed by atoms with Crippen LogP contribution in [0.5, 0.6) is 0 Å². The maximum Gasteiger partial charge on any atom is 0.303 e. The number of rotatable bonds is 9. The highest BCUT2D eigenvalue weighted by atomic mass is 35.5. The summed E-state index contributed by atoms with van der Waals surface area (Å²) in [6.07, 6.45) is 3.90. The normalized spacial score (nSPS) is 10.9. The fourth-order valence-corrected chi connectivity index (χ4v) is 2.88. The molecule has 26 heavy (non-hydrogen) atoms. The second-order valence-electron chi connectivity index (χ2n) is 6.45. The lowest BCUT2D eigenvalue weighted by Gasteiger charge is -2.13. The van der Waals surface area contributed by atoms with Gasteiger partial charge in [-0.3, -0.25) is 9.59 Å². The molecule has 0 aliphatic carbocycles. The molecule has 0 saturated carbocycles. The summed E-state index contributed by atoms with van der Waals surface area (Å²) in [6, 6.07) is 7.32. The molecule has 2 aromatic rings. The van der Waals surface area contributed by atoms with Crippen LogP contribution >= 0.6 is 11.6 Å². The number of unbranched alkanes of at least 4 members (excludes halogenated alkanes) is 2. The first kappa shape index (κ1) is 20.0. The number of nitrogens with one attached hydrogen (secondary N) is 1. The number of hydrogen-bond acceptors (Lipinski definition) is 3. The Morgan fingerprint density at radius 3 is 2.50 bits per heavy atom. The van der Waals surface area contributed by atoms with Crippen molar-refractivity contribution in [2.45, 2.75) is 45.4 Å². The quantitative estimate of drug-likeness (QED) is 0.646. The number of nitrogens with zero attached hydrogens (tertiary/aromatic N) is 2. The van der Waals surface area contributed by atoms with Gasteiger partial charge in [0, 0.05) is 18.0 Å². The fourth-order valence-electron chi connectivity index (χ4n) is 2.75. The molecule has 6 nitrogen and oxygen atoms in total. The zero-order valence-corrected chi connectivity index (χ0v) is 15.8. The Morgan fingerprint density at radius 1 is 1.19 bits per heavy atom. The van der Waals surface area contributed by atoms with Crippen LogP contribution in [-0.2, 0) is 4.79 Å². The van der Waals surface area contributed by atoms with Crippen molar-refractivity contribution in [3.05, 3.63) is 46.7 Å². The third-order valence-corrected chi connectivity index (χ3v) is 4.27. The topological polar surface area (TPSA) is 84.2 Å². The van der Waals surface area contributed by atoms with E-state index in [0.29, 0.717) is 23.6 Å². The fraction of sp³-hybridized carbons (Fsp3) is 0.421. The SMILES string of the molecule is CC(C)c1c(C(=O)NCCCCCC(=O)O)cnn1-c1ccc(Cl)cc1. The average Bonchev–Trinajstić information content (AvgIpc) is 3.03. The van der Waals surface area contributed by atoms with E-state index in [-0.39, 0.29) is 18.2 Å². The largest absolute Gasteiger partial charge is 0.481 e. The molecule has 140 valence electrons. The monoisotopic (exact) mass is 377 g/mol. The van der Waals surface area contributed by atoms with Gasteiger partial charge in [-0.05, 0) is 43.0 Å². The summed E-state index contributed by atoms with van der Waals surface area (Å²) >= 11 is 5.94. The molecule has 0 unspecified atom stereocenters. The highest BCUT2D eigenvalue weighted by Crippen LogP contribution is 2.24. The number of carbonyl (C=O) groups is 2. The highest BCUT2D eigenvalue weighted by Gasteiger charge is 2.20. The predicted octanol–water partition coefficient (Wildman–Crippen LogP) is 4.02. The minimum atomic E-state index is -0.787. The first-order valence-electron chi connectivity index (χ1n) is 8.74. The molecule has 2 N–H and O–H groups in total. The molecular formula is C19H24ClN3O3. The first-order chi connectivity index (χ1) is 12.4. The van der Waals surface area contributed by atoms with Crippen LogP contribution < -0.4 is 5.32 Å². The molecule has 0 aliphatic rings. The summed E-state index contributed by atoms with van der Waals surface area (Å²) in [7, 11) is 0. The van der Waals surface area contributed by atoms with Crippen molar-refractivity contribution in [2.75, 3.05) is 6.54 Å². The van der Waals surface area contributed by atoms with Gasteiger partial charge >= 0.3 is 5.97 Å². The maximum absolute atomic E-state index is 12.5. The van der Waals surface area contributed by atoms with Crippen molar-refractivity contribution in [3.63, 3.8) is 0 Å². The second kappa shape index (κ2) is 9.38. The predicted molar refractivity (Wildman–Crippen MR) is 101 cm³/mol. The van der Waals surface area contributed by atoms with Crippen LogP contribution in [0.25, 0.3) is 5.69 Å². The number of aliphatic carboxylic acids is 1. The summed E-state index contributed by atoms with van der Waals surface area (Å²) in [5, 5.41) is 16.5. The van der Waals surface area contributed by atoms with Crippen molar-refractivity contribution in [2.24, 2.45) is 0 Å². The number of carboxylic acid groups (broad SMARTS) is 1. The van der Waals surface area contributed by atoms with E-state index < -0.39 is 5.97 Å². The molecule has 1 heterocycles. The lowest BCUT2D eigenvalue weighted by atomic mass is 10.0. The molecule has 0 bridgehead atoms. The van der Waals surface area contributed by atoms with E-state index in [4.69, 9.17) is 16.7 Å². The number of benzene rings is 1. The zero-order chi connectivity index (χ0) is 19.1. The number of carbonyl (C=O) groups excluding carboxylic acids is 1. The van der Waals surface area contributed by atoms with Crippen LogP contribution in [-0.4, -0.2) is 33.3 Å². The van der Waals surface area contributed by atoms with Gasteiger partial charge in [0.05, 0.1) is 23.1 Å². The number of hydrogen-bond donors (Lipinski definition) is 2. The molecule has 1 amide bonds. The van der Waals surface area contributed by atoms with Gasteiger partial charge in [0.1, 0.15) is 0 Å². The maximum atomic E-state index is 12.5. The Morgan fingerprint density at radius 2 is 1.88 bits per heavy atom. The summed E-state index contributed by atoms with van der Waals surface area (Å²) < 4.78 is 1.77. The van der Waals surface area contributed by atoms with Crippen LogP contribution in [0.4, 0.5) is 0 Å². The van der Waals surface area contributed by atoms with E-state index in [2.05, 4.69) is 10.4 Å². The standard InChI is InChI=1S/C19H24ClN3O3/c1-13(2)18-16(19(26)21-11-5-3-4-6-17(24)25)12-22-23(18)15-9-7-14(20)8-10-15/h7-10,12-13H,3-6,11H2,1-2H3,(H,21,26)(H,24,25). The summed E-state index contributed by atoms with van der Waals surface area (Å²) in [4.78, 5) is 23.0. The van der Waals surface area contributed by atoms with E-state index in [1.165, 1.54) is 0 Å². The first-order valence-corrected chi connectivity index (χ1v) is 9.11. The minimum absolute atomic E-state index is 0.115. The summed E-state index contributed by atoms with van der Waals surface area (Å²) in [5.74, 6) is -0.832. The van der Waals surface area contributed by atoms with E-state index in [9.17, 15) is 9.59 Å². The third-order valence-electron chi connectivity index (χ3n) is 4.02. The molecule has 2 rings (SSSR count). The van der Waals surface area contributed by atoms with Gasteiger partial charge in [-0.25, -0.2) is 4.68 Å². The number of carboxylic acids is 1. The molecule has 1 aromatic heterocycles. The molecule has 0 saturated heterocycles. The number of halogens is 1. The molecule has 1 aromatic carbocycles. The molecule has 7 heteroatoms. The van der Waals surface area contributed by atoms with Gasteiger partial charge in [-0.2, -0.15) is 5.10 Å². The number of amides is 1. The van der Waals surface area contributed by atoms with E-state index in [0.717, 1.165) is 24.2 Å². The molecule has 0 aliphatic heterocycles. The average molecular weight is 378 g/mol. The van der Waals surface area contributed by atoms with Gasteiger partial charge in [0.15, 0.2) is 0 Å². The summed E-state index contributed by atoms with van der Waals surface area (Å²) in [6.45, 7) is 4.56. The van der Waals surface area contributed by atoms with E-state index >= 15 is 0 Å². The molecule has 0 spiro atoms. The van der Waals surface area contributed by atoms with Crippen molar-refractivity contribution in [1.29, 1.82) is 0 Å². The Bertz CT molecular complexity index is 754. The van der Waals surface area contributed by atoms with Crippen molar-refractivity contribution in [1.82, 2.24) is 15.1 Å². The van der Waals surface area contributed by atoms with E-state index in [1.807, 2.05) is 26.0 Å². The van der Waals surface area contributed by atoms with Crippen LogP contribution in [0, 0.1) is 0 Å². The Kier molecular flexibility index (Phi) is 7.21. The Hall–Kier alpha value is -2.34. The van der Waals surface area contributed by atoms with Crippen molar-refractivity contribution >= 4 is 23.5 Å². The van der Waals surface area contributed by atoms with E-state index in [1.54, 1.807) is 23.0 Å². The van der Waals surface area contributed by atoms with Gasteiger partial charge in [-0.15, -0.1) is 0 Å². The number of aromatic nitrogens is 2. The van der Waals surface area contributed by atoms with Gasteiger partial charge in [0.25, 0.3) is 5.91 Å². The molecule has 0 fully saturated rings. The van der Waals surface area contributed by atoms with Crippen LogP contribution in [0.15, 0.2) is 30.5 Å². The highest BCUT2D eigenvalue weighted by molar-refractivity contribution is 6.30. The smallest absolute Gasteiger partial charge is 0.303 e. The zero-order valence-electron chi connectivity index (χ0n) is 15.0. The minimum Gasteiger partial charge on any atom is -0.481 e. The van der Waals surface area contributed by atoms with Crippen LogP contribution in [0.3, 0.4) is 0 Å². The molecular weight excluding hydrogens is 354 g/mol. The lowest BCUT2D eigenvalue weighted by molar-refractivity contribution is -0.137. The third kappa shape index (κ3) is 5.33. The summed E-state index contributed by atoms with van der Waals surface area (Å²) in [5.41, 5.74) is 2.25. The molecule has 0 radical (unpaired) electrons. The lowest BCUT2D eigenvalue weighted by Crippen LogP contribution is -2.25. The molecule has 0 atom stereocenters. The van der Waals surface area contributed by atoms with Crippen LogP contribution in [0.2, 0.25) is 5.02 Å². The van der Waals surface area contributed by atoms with Gasteiger partial charge < -0.3 is 10.4 Å². The van der Waals surface area contributed by atoms with Crippen LogP contribution in [0.1, 0.15) is 61.5 Å². The Balaban J connectivity index is 2.03. The van der Waals surface area contributed by atoms with Crippen molar-refractivity contribution < 1.29 is 14.7 Å². The van der Waals surface area contributed by atoms with Crippen molar-refractivity contribution in [3.8, 4) is 5.69 Å². The Labute approximate surface area is 158 Å². The van der Waals surface area contributed by atoms with Gasteiger partial charge in [0.2, 0.25) is 0 Å². The second-order valence-corrected chi connectivity index (χ2v) is 6.88. The van der Waals surface area contributed by atoms with Gasteiger partial charge in [-0.1, -0.05) is 31.9 Å².